The van der Waals surface area contributed by atoms with Gasteiger partial charge in [0.15, 0.2) is 0 Å². The zero-order chi connectivity index (χ0) is 16.5. The van der Waals surface area contributed by atoms with Crippen LogP contribution in [0.2, 0.25) is 0 Å². The molecule has 0 aromatic carbocycles. The quantitative estimate of drug-likeness (QED) is 0.900. The number of carboxylic acid groups (broad SMARTS) is 1. The number of carboxylic acids is 1. The van der Waals surface area contributed by atoms with Gasteiger partial charge >= 0.3 is 5.97 Å². The molecule has 1 saturated heterocycles. The zero-order valence-electron chi connectivity index (χ0n) is 13.6. The van der Waals surface area contributed by atoms with Gasteiger partial charge in [-0.15, -0.1) is 11.3 Å². The molecule has 3 heterocycles. The molecule has 24 heavy (non-hydrogen) atoms. The van der Waals surface area contributed by atoms with E-state index < -0.39 is 5.97 Å². The molecule has 4 rings (SSSR count). The van der Waals surface area contributed by atoms with E-state index in [9.17, 15) is 4.79 Å². The third-order valence-electron chi connectivity index (χ3n) is 5.11. The molecule has 1 atom stereocenters. The van der Waals surface area contributed by atoms with Gasteiger partial charge in [0, 0.05) is 36.3 Å². The summed E-state index contributed by atoms with van der Waals surface area (Å²) in [6.45, 7) is 2.94. The third-order valence-corrected chi connectivity index (χ3v) is 6.25. The highest BCUT2D eigenvalue weighted by molar-refractivity contribution is 7.11. The smallest absolute Gasteiger partial charge is 0.338 e. The Morgan fingerprint density at radius 3 is 2.88 bits per heavy atom. The molecule has 128 valence electrons. The van der Waals surface area contributed by atoms with Gasteiger partial charge in [-0.2, -0.15) is 5.10 Å². The number of nitrogens with zero attached hydrogens (tertiary/aromatic N) is 4. The number of thiazole rings is 1. The normalized spacial score (nSPS) is 22.4. The Hall–Kier alpha value is -1.73. The highest BCUT2D eigenvalue weighted by Gasteiger charge is 2.25. The fourth-order valence-electron chi connectivity index (χ4n) is 3.50. The number of likely N-dealkylation sites (tertiary alicyclic amines) is 1. The first-order chi connectivity index (χ1) is 11.7. The average molecular weight is 346 g/mol. The maximum absolute atomic E-state index is 11.0. The van der Waals surface area contributed by atoms with Crippen LogP contribution in [-0.4, -0.2) is 43.8 Å². The first-order valence-electron chi connectivity index (χ1n) is 8.63. The molecule has 0 radical (unpaired) electrons. The molecule has 1 aliphatic heterocycles. The van der Waals surface area contributed by atoms with Gasteiger partial charge in [0.25, 0.3) is 0 Å². The minimum absolute atomic E-state index is 0.255. The van der Waals surface area contributed by atoms with E-state index in [1.54, 1.807) is 6.20 Å². The van der Waals surface area contributed by atoms with E-state index >= 15 is 0 Å². The van der Waals surface area contributed by atoms with Crippen molar-refractivity contribution in [3.05, 3.63) is 34.0 Å². The Labute approximate surface area is 145 Å². The lowest BCUT2D eigenvalue weighted by atomic mass is 9.86. The average Bonchev–Trinajstić information content (AvgIpc) is 3.16. The number of hydrogen-bond acceptors (Lipinski definition) is 5. The van der Waals surface area contributed by atoms with Crippen molar-refractivity contribution in [2.75, 3.05) is 13.1 Å². The highest BCUT2D eigenvalue weighted by atomic mass is 32.1. The highest BCUT2D eigenvalue weighted by Crippen LogP contribution is 2.38. The summed E-state index contributed by atoms with van der Waals surface area (Å²) in [6, 6.07) is 0.255. The second-order valence-electron chi connectivity index (χ2n) is 6.84. The minimum atomic E-state index is -0.915. The van der Waals surface area contributed by atoms with E-state index in [-0.39, 0.29) is 11.6 Å². The number of piperidine rings is 1. The van der Waals surface area contributed by atoms with Crippen molar-refractivity contribution in [1.82, 2.24) is 19.7 Å². The van der Waals surface area contributed by atoms with Crippen LogP contribution in [0.3, 0.4) is 0 Å². The lowest BCUT2D eigenvalue weighted by Crippen LogP contribution is -2.36. The summed E-state index contributed by atoms with van der Waals surface area (Å²) >= 11 is 1.86. The van der Waals surface area contributed by atoms with Gasteiger partial charge < -0.3 is 5.11 Å². The molecule has 2 aliphatic rings. The van der Waals surface area contributed by atoms with Crippen molar-refractivity contribution in [2.45, 2.75) is 50.6 Å². The van der Waals surface area contributed by atoms with Crippen LogP contribution in [0, 0.1) is 0 Å². The summed E-state index contributed by atoms with van der Waals surface area (Å²) in [5, 5.41) is 14.6. The van der Waals surface area contributed by atoms with Gasteiger partial charge in [-0.05, 0) is 32.2 Å². The van der Waals surface area contributed by atoms with E-state index in [1.807, 2.05) is 22.2 Å². The van der Waals surface area contributed by atoms with E-state index in [2.05, 4.69) is 15.0 Å². The molecule has 2 aromatic rings. The van der Waals surface area contributed by atoms with Gasteiger partial charge in [-0.1, -0.05) is 6.42 Å². The fourth-order valence-corrected chi connectivity index (χ4v) is 4.63. The van der Waals surface area contributed by atoms with Crippen molar-refractivity contribution in [2.24, 2.45) is 0 Å². The van der Waals surface area contributed by atoms with Gasteiger partial charge in [0.05, 0.1) is 22.8 Å². The lowest BCUT2D eigenvalue weighted by Gasteiger charge is -2.32. The third kappa shape index (κ3) is 3.23. The van der Waals surface area contributed by atoms with Crippen LogP contribution in [0.25, 0.3) is 0 Å². The number of aromatic nitrogens is 3. The molecule has 2 aromatic heterocycles. The summed E-state index contributed by atoms with van der Waals surface area (Å²) in [5.74, 6) is -0.210. The molecule has 2 fully saturated rings. The molecule has 6 nitrogen and oxygen atoms in total. The van der Waals surface area contributed by atoms with E-state index in [4.69, 9.17) is 5.11 Å². The SMILES string of the molecule is O=C(O)c1cnn(C2CCCN(Cc3cnc(C4CCC4)s3)C2)c1. The van der Waals surface area contributed by atoms with Crippen LogP contribution in [0.4, 0.5) is 0 Å². The maximum atomic E-state index is 11.0. The molecule has 0 spiro atoms. The molecule has 0 bridgehead atoms. The molecule has 7 heteroatoms. The van der Waals surface area contributed by atoms with Gasteiger partial charge in [0.1, 0.15) is 0 Å². The first-order valence-corrected chi connectivity index (χ1v) is 9.45. The molecule has 0 amide bonds. The predicted octanol–water partition coefficient (Wildman–Crippen LogP) is 3.14. The summed E-state index contributed by atoms with van der Waals surface area (Å²) in [4.78, 5) is 19.4. The monoisotopic (exact) mass is 346 g/mol. The Morgan fingerprint density at radius 1 is 1.29 bits per heavy atom. The van der Waals surface area contributed by atoms with Crippen molar-refractivity contribution < 1.29 is 9.90 Å². The second-order valence-corrected chi connectivity index (χ2v) is 7.98. The largest absolute Gasteiger partial charge is 0.478 e. The van der Waals surface area contributed by atoms with Gasteiger partial charge in [-0.3, -0.25) is 9.58 Å². The fraction of sp³-hybridized carbons (Fsp3) is 0.588. The topological polar surface area (TPSA) is 71.2 Å². The van der Waals surface area contributed by atoms with Crippen LogP contribution >= 0.6 is 11.3 Å². The van der Waals surface area contributed by atoms with Crippen LogP contribution < -0.4 is 0 Å². The van der Waals surface area contributed by atoms with Crippen LogP contribution in [0.5, 0.6) is 0 Å². The Balaban J connectivity index is 1.39. The van der Waals surface area contributed by atoms with Gasteiger partial charge in [-0.25, -0.2) is 9.78 Å². The minimum Gasteiger partial charge on any atom is -0.478 e. The number of hydrogen-bond donors (Lipinski definition) is 1. The van der Waals surface area contributed by atoms with Crippen molar-refractivity contribution in [3.8, 4) is 0 Å². The summed E-state index contributed by atoms with van der Waals surface area (Å²) in [7, 11) is 0. The van der Waals surface area contributed by atoms with Crippen molar-refractivity contribution in [3.63, 3.8) is 0 Å². The maximum Gasteiger partial charge on any atom is 0.338 e. The van der Waals surface area contributed by atoms with Crippen molar-refractivity contribution in [1.29, 1.82) is 0 Å². The Morgan fingerprint density at radius 2 is 2.17 bits per heavy atom. The molecular formula is C17H22N4O2S. The lowest BCUT2D eigenvalue weighted by molar-refractivity contribution is 0.0696. The van der Waals surface area contributed by atoms with E-state index in [0.717, 1.165) is 32.5 Å². The standard InChI is InChI=1S/C17H22N4O2S/c22-17(23)13-7-19-21(9-13)14-5-2-6-20(10-14)11-15-8-18-16(24-15)12-3-1-4-12/h7-9,12,14H,1-6,10-11H2,(H,22,23). The first kappa shape index (κ1) is 15.8. The zero-order valence-corrected chi connectivity index (χ0v) is 14.4. The molecular weight excluding hydrogens is 324 g/mol. The van der Waals surface area contributed by atoms with Crippen molar-refractivity contribution >= 4 is 17.3 Å². The number of aromatic carboxylic acids is 1. The predicted molar refractivity (Wildman–Crippen MR) is 91.4 cm³/mol. The van der Waals surface area contributed by atoms with E-state index in [1.165, 1.54) is 35.3 Å². The molecule has 1 N–H and O–H groups in total. The second kappa shape index (κ2) is 6.64. The summed E-state index contributed by atoms with van der Waals surface area (Å²) in [6.07, 6.45) is 11.2. The van der Waals surface area contributed by atoms with Crippen LogP contribution in [0.15, 0.2) is 18.6 Å². The van der Waals surface area contributed by atoms with Crippen LogP contribution in [-0.2, 0) is 6.54 Å². The molecule has 1 unspecified atom stereocenters. The molecule has 1 aliphatic carbocycles. The Kier molecular flexibility index (Phi) is 4.37. The number of carbonyl (C=O) groups is 1. The summed E-state index contributed by atoms with van der Waals surface area (Å²) in [5.41, 5.74) is 0.264. The number of rotatable bonds is 5. The van der Waals surface area contributed by atoms with E-state index in [0.29, 0.717) is 5.92 Å². The molecule has 1 saturated carbocycles. The summed E-state index contributed by atoms with van der Waals surface area (Å²) < 4.78 is 1.82. The Bertz CT molecular complexity index is 722. The van der Waals surface area contributed by atoms with Gasteiger partial charge in [0.2, 0.25) is 0 Å². The van der Waals surface area contributed by atoms with Crippen LogP contribution in [0.1, 0.15) is 64.3 Å².